The van der Waals surface area contributed by atoms with Crippen molar-refractivity contribution >= 4 is 38.8 Å². The fraction of sp³-hybridized carbons (Fsp3) is 0.0714. The van der Waals surface area contributed by atoms with Crippen molar-refractivity contribution in [1.82, 2.24) is 9.97 Å². The highest BCUT2D eigenvalue weighted by atomic mass is 32.1. The largest absolute Gasteiger partial charge is 0.467 e. The molecule has 8 nitrogen and oxygen atoms in total. The summed E-state index contributed by atoms with van der Waals surface area (Å²) in [6.07, 6.45) is 1.31. The Bertz CT molecular complexity index is 930. The summed E-state index contributed by atoms with van der Waals surface area (Å²) in [5.74, 6) is -1.22. The molecule has 10 heteroatoms. The molecule has 24 heavy (non-hydrogen) atoms. The first-order valence-electron chi connectivity index (χ1n) is 6.59. The van der Waals surface area contributed by atoms with E-state index in [0.717, 1.165) is 18.2 Å². The smallest absolute Gasteiger partial charge is 0.271 e. The number of nitrogens with zero attached hydrogens (tertiary/aromatic N) is 3. The van der Waals surface area contributed by atoms with Crippen LogP contribution in [0.2, 0.25) is 0 Å². The number of nitro groups is 1. The lowest BCUT2D eigenvalue weighted by Gasteiger charge is -2.08. The fourth-order valence-corrected chi connectivity index (χ4v) is 2.65. The van der Waals surface area contributed by atoms with Crippen molar-refractivity contribution in [2.45, 2.75) is 0 Å². The molecule has 0 saturated carbocycles. The Labute approximate surface area is 138 Å². The number of fused-ring (bicyclic) bond motifs is 1. The molecule has 122 valence electrons. The maximum Gasteiger partial charge on any atom is 0.271 e. The third-order valence-corrected chi connectivity index (χ3v) is 3.82. The number of anilines is 1. The van der Waals surface area contributed by atoms with Gasteiger partial charge in [-0.25, -0.2) is 14.4 Å². The molecule has 1 amide bonds. The lowest BCUT2D eigenvalue weighted by molar-refractivity contribution is -0.384. The van der Waals surface area contributed by atoms with Gasteiger partial charge in [0.25, 0.3) is 11.6 Å². The Balaban J connectivity index is 1.69. The maximum absolute atomic E-state index is 13.6. The minimum Gasteiger partial charge on any atom is -0.467 e. The van der Waals surface area contributed by atoms with Gasteiger partial charge in [0.2, 0.25) is 5.88 Å². The number of benzene rings is 1. The lowest BCUT2D eigenvalue weighted by Crippen LogP contribution is -2.21. The van der Waals surface area contributed by atoms with E-state index < -0.39 is 23.3 Å². The molecule has 0 saturated heterocycles. The number of non-ortho nitro benzene ring substituents is 1. The van der Waals surface area contributed by atoms with E-state index >= 15 is 0 Å². The quantitative estimate of drug-likeness (QED) is 0.561. The molecule has 3 aromatic rings. The first-order chi connectivity index (χ1) is 11.5. The van der Waals surface area contributed by atoms with Crippen molar-refractivity contribution in [1.29, 1.82) is 0 Å². The topological polar surface area (TPSA) is 107 Å². The van der Waals surface area contributed by atoms with Crippen LogP contribution < -0.4 is 10.1 Å². The first kappa shape index (κ1) is 15.7. The van der Waals surface area contributed by atoms with Gasteiger partial charge >= 0.3 is 0 Å². The maximum atomic E-state index is 13.6. The van der Waals surface area contributed by atoms with Crippen molar-refractivity contribution in [2.75, 3.05) is 11.9 Å². The zero-order valence-electron chi connectivity index (χ0n) is 11.9. The summed E-state index contributed by atoms with van der Waals surface area (Å²) in [5, 5.41) is 15.4. The number of amides is 1. The molecule has 0 aliphatic heterocycles. The Morgan fingerprint density at radius 3 is 3.00 bits per heavy atom. The van der Waals surface area contributed by atoms with Gasteiger partial charge in [0.1, 0.15) is 17.0 Å². The van der Waals surface area contributed by atoms with Crippen molar-refractivity contribution in [3.05, 3.63) is 51.9 Å². The number of nitro benzene ring substituents is 1. The van der Waals surface area contributed by atoms with Gasteiger partial charge in [-0.3, -0.25) is 14.9 Å². The summed E-state index contributed by atoms with van der Waals surface area (Å²) in [4.78, 5) is 30.6. The van der Waals surface area contributed by atoms with E-state index in [-0.39, 0.29) is 17.3 Å². The van der Waals surface area contributed by atoms with Crippen molar-refractivity contribution in [2.24, 2.45) is 0 Å². The highest BCUT2D eigenvalue weighted by molar-refractivity contribution is 7.16. The predicted octanol–water partition coefficient (Wildman–Crippen LogP) is 2.76. The second kappa shape index (κ2) is 6.54. The van der Waals surface area contributed by atoms with Gasteiger partial charge in [-0.2, -0.15) is 0 Å². The van der Waals surface area contributed by atoms with Crippen molar-refractivity contribution in [3.63, 3.8) is 0 Å². The van der Waals surface area contributed by atoms with Gasteiger partial charge in [-0.05, 0) is 17.5 Å². The predicted molar refractivity (Wildman–Crippen MR) is 84.6 cm³/mol. The molecule has 0 aliphatic rings. The lowest BCUT2D eigenvalue weighted by atomic mass is 10.2. The van der Waals surface area contributed by atoms with E-state index in [0.29, 0.717) is 10.2 Å². The highest BCUT2D eigenvalue weighted by Crippen LogP contribution is 2.25. The van der Waals surface area contributed by atoms with Crippen LogP contribution in [0, 0.1) is 15.9 Å². The molecule has 0 spiro atoms. The average Bonchev–Trinajstić information content (AvgIpc) is 3.04. The number of nitrogens with one attached hydrogen (secondary N) is 1. The summed E-state index contributed by atoms with van der Waals surface area (Å²) in [6.45, 7) is -0.426. The summed E-state index contributed by atoms with van der Waals surface area (Å²) in [7, 11) is 0. The molecule has 3 rings (SSSR count). The molecule has 2 heterocycles. The molecule has 0 aliphatic carbocycles. The van der Waals surface area contributed by atoms with Crippen LogP contribution in [0.4, 0.5) is 15.8 Å². The normalized spacial score (nSPS) is 10.5. The number of hydrogen-bond donors (Lipinski definition) is 1. The number of carbonyl (C=O) groups excluding carboxylic acids is 1. The molecular formula is C14H9FN4O4S. The van der Waals surface area contributed by atoms with E-state index in [1.807, 2.05) is 5.38 Å². The van der Waals surface area contributed by atoms with Crippen LogP contribution in [0.25, 0.3) is 10.2 Å². The number of carbonyl (C=O) groups is 1. The van der Waals surface area contributed by atoms with Crippen LogP contribution in [-0.2, 0) is 4.79 Å². The van der Waals surface area contributed by atoms with E-state index in [9.17, 15) is 19.3 Å². The average molecular weight is 348 g/mol. The number of aromatic nitrogens is 2. The SMILES string of the molecule is O=C(COc1ncnc2sccc12)Nc1cc([N+](=O)[O-])ccc1F. The second-order valence-electron chi connectivity index (χ2n) is 4.58. The molecule has 0 atom stereocenters. The molecule has 0 fully saturated rings. The second-order valence-corrected chi connectivity index (χ2v) is 5.47. The van der Waals surface area contributed by atoms with E-state index in [2.05, 4.69) is 15.3 Å². The number of thiophene rings is 1. The summed E-state index contributed by atoms with van der Waals surface area (Å²) in [6, 6.07) is 4.62. The molecule has 0 radical (unpaired) electrons. The van der Waals surface area contributed by atoms with Crippen molar-refractivity contribution < 1.29 is 18.8 Å². The number of halogens is 1. The highest BCUT2D eigenvalue weighted by Gasteiger charge is 2.14. The van der Waals surface area contributed by atoms with Crippen LogP contribution in [0.15, 0.2) is 36.0 Å². The Morgan fingerprint density at radius 2 is 2.21 bits per heavy atom. The fourth-order valence-electron chi connectivity index (χ4n) is 1.93. The first-order valence-corrected chi connectivity index (χ1v) is 7.47. The van der Waals surface area contributed by atoms with Gasteiger partial charge < -0.3 is 10.1 Å². The minimum atomic E-state index is -0.781. The van der Waals surface area contributed by atoms with E-state index in [1.165, 1.54) is 17.7 Å². The van der Waals surface area contributed by atoms with E-state index in [4.69, 9.17) is 4.74 Å². The van der Waals surface area contributed by atoms with Gasteiger partial charge in [0.05, 0.1) is 16.0 Å². The van der Waals surface area contributed by atoms with Crippen LogP contribution in [0.3, 0.4) is 0 Å². The van der Waals surface area contributed by atoms with Crippen LogP contribution in [0.1, 0.15) is 0 Å². The number of rotatable bonds is 5. The number of hydrogen-bond acceptors (Lipinski definition) is 7. The summed E-state index contributed by atoms with van der Waals surface area (Å²) < 4.78 is 18.9. The van der Waals surface area contributed by atoms with Crippen LogP contribution >= 0.6 is 11.3 Å². The summed E-state index contributed by atoms with van der Waals surface area (Å²) in [5.41, 5.74) is -0.621. The van der Waals surface area contributed by atoms with Crippen molar-refractivity contribution in [3.8, 4) is 5.88 Å². The zero-order chi connectivity index (χ0) is 17.1. The van der Waals surface area contributed by atoms with Crippen LogP contribution in [0.5, 0.6) is 5.88 Å². The minimum absolute atomic E-state index is 0.232. The monoisotopic (exact) mass is 348 g/mol. The Kier molecular flexibility index (Phi) is 4.29. The third kappa shape index (κ3) is 3.27. The number of ether oxygens (including phenoxy) is 1. The summed E-state index contributed by atoms with van der Waals surface area (Å²) >= 11 is 1.40. The molecule has 2 aromatic heterocycles. The molecule has 0 unspecified atom stereocenters. The standard InChI is InChI=1S/C14H9FN4O4S/c15-10-2-1-8(19(21)22)5-11(10)18-12(20)6-23-13-9-3-4-24-14(9)17-7-16-13/h1-5,7H,6H2,(H,18,20). The van der Waals surface area contributed by atoms with Crippen LogP contribution in [-0.4, -0.2) is 27.4 Å². The van der Waals surface area contributed by atoms with Gasteiger partial charge in [-0.1, -0.05) is 0 Å². The Hall–Kier alpha value is -3.14. The van der Waals surface area contributed by atoms with E-state index in [1.54, 1.807) is 6.07 Å². The van der Waals surface area contributed by atoms with Gasteiger partial charge in [0, 0.05) is 12.1 Å². The third-order valence-electron chi connectivity index (χ3n) is 3.00. The van der Waals surface area contributed by atoms with Gasteiger partial charge in [-0.15, -0.1) is 11.3 Å². The molecule has 1 N–H and O–H groups in total. The van der Waals surface area contributed by atoms with Gasteiger partial charge in [0.15, 0.2) is 6.61 Å². The molecule has 0 bridgehead atoms. The molecular weight excluding hydrogens is 339 g/mol. The molecule has 1 aromatic carbocycles. The zero-order valence-corrected chi connectivity index (χ0v) is 12.7. The Morgan fingerprint density at radius 1 is 1.38 bits per heavy atom.